The standard InChI is InChI=1S/C27H25ClN4O.ClH/c1-18-13-26(30-27(33)21-9-10-22-16-29-12-11-19(22)14-21)31-32(18)17-23-5-2-3-8-25(23)20-6-4-7-24(28)15-20;/h2-10,13-15,29H,11-12,16-17H2,1H3,(H,30,31,33);1H. The fourth-order valence-corrected chi connectivity index (χ4v) is 4.49. The molecule has 1 aromatic heterocycles. The number of halogens is 2. The van der Waals surface area contributed by atoms with E-state index in [0.717, 1.165) is 41.9 Å². The van der Waals surface area contributed by atoms with E-state index in [9.17, 15) is 4.79 Å². The summed E-state index contributed by atoms with van der Waals surface area (Å²) in [5.41, 5.74) is 7.45. The van der Waals surface area contributed by atoms with Crippen molar-refractivity contribution in [3.05, 3.63) is 106 Å². The summed E-state index contributed by atoms with van der Waals surface area (Å²) in [7, 11) is 0. The molecule has 1 aliphatic heterocycles. The Bertz CT molecular complexity index is 1330. The van der Waals surface area contributed by atoms with Crippen molar-refractivity contribution in [2.24, 2.45) is 0 Å². The molecule has 0 saturated heterocycles. The highest BCUT2D eigenvalue weighted by molar-refractivity contribution is 6.30. The van der Waals surface area contributed by atoms with E-state index in [1.807, 2.05) is 66.2 Å². The highest BCUT2D eigenvalue weighted by atomic mass is 35.5. The van der Waals surface area contributed by atoms with Gasteiger partial charge in [-0.15, -0.1) is 12.4 Å². The second-order valence-electron chi connectivity index (χ2n) is 8.36. The number of nitrogens with one attached hydrogen (secondary N) is 2. The van der Waals surface area contributed by atoms with E-state index < -0.39 is 0 Å². The Kier molecular flexibility index (Phi) is 7.37. The van der Waals surface area contributed by atoms with Gasteiger partial charge in [0.15, 0.2) is 5.82 Å². The average Bonchev–Trinajstić information content (AvgIpc) is 3.17. The zero-order valence-electron chi connectivity index (χ0n) is 18.8. The number of aromatic nitrogens is 2. The van der Waals surface area contributed by atoms with E-state index in [1.54, 1.807) is 0 Å². The summed E-state index contributed by atoms with van der Waals surface area (Å²) in [5, 5.41) is 11.7. The van der Waals surface area contributed by atoms with Crippen LogP contribution in [0.15, 0.2) is 72.8 Å². The van der Waals surface area contributed by atoms with Gasteiger partial charge in [-0.2, -0.15) is 5.10 Å². The highest BCUT2D eigenvalue weighted by Gasteiger charge is 2.15. The van der Waals surface area contributed by atoms with Gasteiger partial charge in [0.1, 0.15) is 0 Å². The molecular formula is C27H26Cl2N4O. The average molecular weight is 493 g/mol. The number of carbonyl (C=O) groups excluding carboxylic acids is 1. The number of benzene rings is 3. The number of hydrogen-bond acceptors (Lipinski definition) is 3. The van der Waals surface area contributed by atoms with Gasteiger partial charge in [-0.3, -0.25) is 9.48 Å². The van der Waals surface area contributed by atoms with Gasteiger partial charge >= 0.3 is 0 Å². The quantitative estimate of drug-likeness (QED) is 0.365. The maximum Gasteiger partial charge on any atom is 0.256 e. The Labute approximate surface area is 210 Å². The molecule has 0 radical (unpaired) electrons. The largest absolute Gasteiger partial charge is 0.312 e. The summed E-state index contributed by atoms with van der Waals surface area (Å²) in [5.74, 6) is 0.414. The molecule has 0 spiro atoms. The van der Waals surface area contributed by atoms with Crippen LogP contribution in [0.5, 0.6) is 0 Å². The van der Waals surface area contributed by atoms with Crippen molar-refractivity contribution in [2.45, 2.75) is 26.4 Å². The summed E-state index contributed by atoms with van der Waals surface area (Å²) in [6, 6.07) is 23.9. The zero-order chi connectivity index (χ0) is 22.8. The van der Waals surface area contributed by atoms with Crippen LogP contribution in [-0.2, 0) is 19.5 Å². The second-order valence-corrected chi connectivity index (χ2v) is 8.80. The lowest BCUT2D eigenvalue weighted by molar-refractivity contribution is 0.102. The predicted molar refractivity (Wildman–Crippen MR) is 140 cm³/mol. The molecule has 2 N–H and O–H groups in total. The molecule has 3 aromatic carbocycles. The molecule has 5 rings (SSSR count). The Hall–Kier alpha value is -3.12. The molecule has 0 fully saturated rings. The van der Waals surface area contributed by atoms with Crippen LogP contribution in [0.2, 0.25) is 5.02 Å². The molecule has 1 amide bonds. The molecule has 174 valence electrons. The van der Waals surface area contributed by atoms with Crippen LogP contribution in [0.4, 0.5) is 5.82 Å². The number of rotatable bonds is 5. The van der Waals surface area contributed by atoms with Crippen molar-refractivity contribution in [1.82, 2.24) is 15.1 Å². The topological polar surface area (TPSA) is 59.0 Å². The number of amides is 1. The minimum absolute atomic E-state index is 0. The van der Waals surface area contributed by atoms with Crippen molar-refractivity contribution in [3.63, 3.8) is 0 Å². The van der Waals surface area contributed by atoms with Crippen LogP contribution in [0.25, 0.3) is 11.1 Å². The lowest BCUT2D eigenvalue weighted by Gasteiger charge is -2.17. The molecule has 0 atom stereocenters. The summed E-state index contributed by atoms with van der Waals surface area (Å²) >= 11 is 6.21. The van der Waals surface area contributed by atoms with Crippen molar-refractivity contribution in [3.8, 4) is 11.1 Å². The first-order chi connectivity index (χ1) is 16.1. The second kappa shape index (κ2) is 10.4. The zero-order valence-corrected chi connectivity index (χ0v) is 20.4. The van der Waals surface area contributed by atoms with E-state index in [1.165, 1.54) is 11.1 Å². The van der Waals surface area contributed by atoms with Crippen molar-refractivity contribution in [2.75, 3.05) is 11.9 Å². The molecule has 0 saturated carbocycles. The molecule has 0 unspecified atom stereocenters. The number of carbonyl (C=O) groups is 1. The molecule has 34 heavy (non-hydrogen) atoms. The van der Waals surface area contributed by atoms with Gasteiger partial charge < -0.3 is 10.6 Å². The SMILES string of the molecule is Cc1cc(NC(=O)c2ccc3c(c2)CCNC3)nn1Cc1ccccc1-c1cccc(Cl)c1.Cl. The number of nitrogens with zero attached hydrogens (tertiary/aromatic N) is 2. The fourth-order valence-electron chi connectivity index (χ4n) is 4.30. The van der Waals surface area contributed by atoms with Crippen LogP contribution in [0.1, 0.15) is 32.7 Å². The van der Waals surface area contributed by atoms with Gasteiger partial charge in [-0.25, -0.2) is 0 Å². The highest BCUT2D eigenvalue weighted by Crippen LogP contribution is 2.27. The van der Waals surface area contributed by atoms with Crippen molar-refractivity contribution < 1.29 is 4.79 Å². The smallest absolute Gasteiger partial charge is 0.256 e. The van der Waals surface area contributed by atoms with Gasteiger partial charge in [0, 0.05) is 28.9 Å². The Morgan fingerprint density at radius 2 is 1.91 bits per heavy atom. The van der Waals surface area contributed by atoms with E-state index in [4.69, 9.17) is 11.6 Å². The first-order valence-electron chi connectivity index (χ1n) is 11.1. The molecular weight excluding hydrogens is 467 g/mol. The summed E-state index contributed by atoms with van der Waals surface area (Å²) < 4.78 is 1.91. The third kappa shape index (κ3) is 5.17. The minimum atomic E-state index is -0.139. The van der Waals surface area contributed by atoms with E-state index in [0.29, 0.717) is 22.9 Å². The Balaban J connectivity index is 0.00000274. The summed E-state index contributed by atoms with van der Waals surface area (Å²) in [6.45, 7) is 4.39. The molecule has 1 aliphatic rings. The summed E-state index contributed by atoms with van der Waals surface area (Å²) in [4.78, 5) is 12.9. The normalized spacial score (nSPS) is 12.5. The molecule has 2 heterocycles. The molecule has 0 aliphatic carbocycles. The van der Waals surface area contributed by atoms with E-state index in [2.05, 4.69) is 33.9 Å². The number of fused-ring (bicyclic) bond motifs is 1. The Morgan fingerprint density at radius 1 is 1.06 bits per heavy atom. The van der Waals surface area contributed by atoms with Gasteiger partial charge in [0.05, 0.1) is 6.54 Å². The monoisotopic (exact) mass is 492 g/mol. The molecule has 0 bridgehead atoms. The first-order valence-corrected chi connectivity index (χ1v) is 11.5. The predicted octanol–water partition coefficient (Wildman–Crippen LogP) is 5.88. The van der Waals surface area contributed by atoms with E-state index in [-0.39, 0.29) is 18.3 Å². The lowest BCUT2D eigenvalue weighted by Crippen LogP contribution is -2.24. The number of hydrogen-bond donors (Lipinski definition) is 2. The van der Waals surface area contributed by atoms with Gasteiger partial charge in [-0.1, -0.05) is 54.1 Å². The first kappa shape index (κ1) is 24.0. The Morgan fingerprint density at radius 3 is 2.76 bits per heavy atom. The van der Waals surface area contributed by atoms with E-state index >= 15 is 0 Å². The molecule has 4 aromatic rings. The van der Waals surface area contributed by atoms with Crippen molar-refractivity contribution >= 4 is 35.7 Å². The van der Waals surface area contributed by atoms with Gasteiger partial charge in [0.2, 0.25) is 0 Å². The third-order valence-electron chi connectivity index (χ3n) is 6.05. The summed E-state index contributed by atoms with van der Waals surface area (Å²) in [6.07, 6.45) is 0.941. The maximum absolute atomic E-state index is 12.9. The van der Waals surface area contributed by atoms with Gasteiger partial charge in [-0.05, 0) is 72.0 Å². The fraction of sp³-hybridized carbons (Fsp3) is 0.185. The van der Waals surface area contributed by atoms with Crippen LogP contribution in [0.3, 0.4) is 0 Å². The van der Waals surface area contributed by atoms with Crippen LogP contribution >= 0.6 is 24.0 Å². The minimum Gasteiger partial charge on any atom is -0.312 e. The van der Waals surface area contributed by atoms with Crippen molar-refractivity contribution in [1.29, 1.82) is 0 Å². The number of aryl methyl sites for hydroxylation is 1. The maximum atomic E-state index is 12.9. The molecule has 5 nitrogen and oxygen atoms in total. The number of anilines is 1. The third-order valence-corrected chi connectivity index (χ3v) is 6.29. The van der Waals surface area contributed by atoms with Crippen LogP contribution < -0.4 is 10.6 Å². The van der Waals surface area contributed by atoms with Crippen LogP contribution in [0, 0.1) is 6.92 Å². The van der Waals surface area contributed by atoms with Crippen LogP contribution in [-0.4, -0.2) is 22.2 Å². The van der Waals surface area contributed by atoms with Gasteiger partial charge in [0.25, 0.3) is 5.91 Å². The lowest BCUT2D eigenvalue weighted by atomic mass is 9.98. The molecule has 7 heteroatoms.